The highest BCUT2D eigenvalue weighted by atomic mass is 32.3. The van der Waals surface area contributed by atoms with E-state index in [0.717, 1.165) is 42.9 Å². The molecule has 0 radical (unpaired) electrons. The predicted octanol–water partition coefficient (Wildman–Crippen LogP) is 13.7. The molecule has 56 heavy (non-hydrogen) atoms. The van der Waals surface area contributed by atoms with Crippen molar-refractivity contribution in [2.45, 2.75) is 67.6 Å². The third-order valence-electron chi connectivity index (χ3n) is 14.0. The molecule has 0 atom stereocenters. The van der Waals surface area contributed by atoms with E-state index in [1.54, 1.807) is 9.79 Å². The molecular formula is C52H50N2OS. The summed E-state index contributed by atoms with van der Waals surface area (Å²) in [7, 11) is -2.23. The molecule has 1 saturated heterocycles. The van der Waals surface area contributed by atoms with Gasteiger partial charge in [-0.3, -0.25) is 0 Å². The van der Waals surface area contributed by atoms with E-state index in [-0.39, 0.29) is 5.41 Å². The lowest BCUT2D eigenvalue weighted by Crippen LogP contribution is -2.30. The number of nitrogens with zero attached hydrogens (tertiary/aromatic N) is 2. The summed E-state index contributed by atoms with van der Waals surface area (Å²) >= 11 is 0. The van der Waals surface area contributed by atoms with Gasteiger partial charge in [-0.05, 0) is 144 Å². The Labute approximate surface area is 332 Å². The van der Waals surface area contributed by atoms with E-state index in [9.17, 15) is 0 Å². The Bertz CT molecular complexity index is 2580. The summed E-state index contributed by atoms with van der Waals surface area (Å²) in [6.07, 6.45) is 20.9. The van der Waals surface area contributed by atoms with Crippen molar-refractivity contribution in [3.63, 3.8) is 0 Å². The zero-order valence-electron chi connectivity index (χ0n) is 32.8. The van der Waals surface area contributed by atoms with Crippen molar-refractivity contribution in [2.24, 2.45) is 0 Å². The van der Waals surface area contributed by atoms with E-state index < -0.39 is 9.16 Å². The molecule has 280 valence electrons. The Morgan fingerprint density at radius 1 is 0.679 bits per heavy atom. The first kappa shape index (κ1) is 33.9. The van der Waals surface area contributed by atoms with Crippen molar-refractivity contribution < 1.29 is 4.74 Å². The summed E-state index contributed by atoms with van der Waals surface area (Å²) < 4.78 is 6.42. The van der Waals surface area contributed by atoms with Gasteiger partial charge >= 0.3 is 0 Å². The number of hydrogen-bond donors (Lipinski definition) is 1. The van der Waals surface area contributed by atoms with Crippen LogP contribution in [0.3, 0.4) is 0 Å². The molecule has 5 aromatic rings. The van der Waals surface area contributed by atoms with Crippen LogP contribution in [-0.4, -0.2) is 17.8 Å². The van der Waals surface area contributed by atoms with Crippen LogP contribution in [0.4, 0.5) is 22.7 Å². The Balaban J connectivity index is 0.881. The van der Waals surface area contributed by atoms with E-state index in [0.29, 0.717) is 0 Å². The van der Waals surface area contributed by atoms with E-state index in [4.69, 9.17) is 4.74 Å². The third kappa shape index (κ3) is 4.84. The molecule has 3 aliphatic heterocycles. The van der Waals surface area contributed by atoms with Gasteiger partial charge in [-0.1, -0.05) is 98.8 Å². The van der Waals surface area contributed by atoms with Crippen molar-refractivity contribution in [3.05, 3.63) is 178 Å². The molecule has 0 N–H and O–H groups in total. The largest absolute Gasteiger partial charge is 0.457 e. The second-order valence-corrected chi connectivity index (χ2v) is 23.5. The number of thiol groups is 1. The third-order valence-corrected chi connectivity index (χ3v) is 20.6. The van der Waals surface area contributed by atoms with Crippen LogP contribution in [0.5, 0.6) is 5.75 Å². The topological polar surface area (TPSA) is 15.7 Å². The second-order valence-electron chi connectivity index (χ2n) is 17.6. The van der Waals surface area contributed by atoms with Gasteiger partial charge < -0.3 is 14.5 Å². The number of para-hydroxylation sites is 4. The lowest BCUT2D eigenvalue weighted by atomic mass is 9.79. The van der Waals surface area contributed by atoms with Gasteiger partial charge in [-0.25, -0.2) is 9.16 Å². The molecule has 3 aliphatic carbocycles. The molecule has 0 saturated carbocycles. The highest BCUT2D eigenvalue weighted by molar-refractivity contribution is 8.49. The zero-order valence-corrected chi connectivity index (χ0v) is 33.7. The SMILES string of the molecule is CC1(C)C2=C(CCC(N3C4=C(CCC=C4)Oc4ccccc43)=C2)c2ccc(/C=C/c3ccc(N4c5ccccc5[SH]5(C)(CCCC5)c5ccccc54)cc3)cc21. The fourth-order valence-corrected chi connectivity index (χ4v) is 17.4. The van der Waals surface area contributed by atoms with Crippen LogP contribution in [0.15, 0.2) is 166 Å². The molecule has 1 fully saturated rings. The quantitative estimate of drug-likeness (QED) is 0.145. The van der Waals surface area contributed by atoms with Gasteiger partial charge in [0.15, 0.2) is 5.75 Å². The van der Waals surface area contributed by atoms with Crippen molar-refractivity contribution in [1.82, 2.24) is 0 Å². The van der Waals surface area contributed by atoms with Gasteiger partial charge in [0.05, 0.1) is 22.8 Å². The van der Waals surface area contributed by atoms with Crippen LogP contribution in [0.25, 0.3) is 17.7 Å². The van der Waals surface area contributed by atoms with Gasteiger partial charge in [-0.2, -0.15) is 0 Å². The molecule has 4 heteroatoms. The molecule has 0 bridgehead atoms. The van der Waals surface area contributed by atoms with Gasteiger partial charge in [0.2, 0.25) is 0 Å². The predicted molar refractivity (Wildman–Crippen MR) is 239 cm³/mol. The Morgan fingerprint density at radius 2 is 1.34 bits per heavy atom. The zero-order chi connectivity index (χ0) is 37.7. The van der Waals surface area contributed by atoms with E-state index in [1.807, 2.05) is 0 Å². The monoisotopic (exact) mass is 750 g/mol. The first-order valence-electron chi connectivity index (χ1n) is 20.6. The van der Waals surface area contributed by atoms with Crippen LogP contribution in [0.2, 0.25) is 0 Å². The van der Waals surface area contributed by atoms with Crippen molar-refractivity contribution in [1.29, 1.82) is 0 Å². The van der Waals surface area contributed by atoms with Crippen LogP contribution < -0.4 is 14.5 Å². The summed E-state index contributed by atoms with van der Waals surface area (Å²) in [4.78, 5) is 8.19. The Hall–Kier alpha value is -5.45. The first-order chi connectivity index (χ1) is 27.3. The smallest absolute Gasteiger partial charge is 0.151 e. The maximum atomic E-state index is 6.42. The maximum absolute atomic E-state index is 6.42. The lowest BCUT2D eigenvalue weighted by molar-refractivity contribution is 0.387. The summed E-state index contributed by atoms with van der Waals surface area (Å²) in [5.41, 5.74) is 15.8. The average Bonchev–Trinajstić information content (AvgIpc) is 3.75. The van der Waals surface area contributed by atoms with Crippen molar-refractivity contribution in [2.75, 3.05) is 27.6 Å². The first-order valence-corrected chi connectivity index (χ1v) is 23.7. The minimum Gasteiger partial charge on any atom is -0.457 e. The van der Waals surface area contributed by atoms with Crippen LogP contribution in [0.1, 0.15) is 74.6 Å². The van der Waals surface area contributed by atoms with Crippen LogP contribution in [0, 0.1) is 0 Å². The number of rotatable bonds is 4. The number of allylic oxidation sites excluding steroid dienone is 7. The summed E-state index contributed by atoms with van der Waals surface area (Å²) in [5.74, 6) is 4.70. The van der Waals surface area contributed by atoms with Crippen molar-refractivity contribution in [3.8, 4) is 5.75 Å². The fraction of sp³-hybridized carbons (Fsp3) is 0.231. The normalized spacial score (nSPS) is 21.3. The molecule has 11 rings (SSSR count). The van der Waals surface area contributed by atoms with Gasteiger partial charge in [0.25, 0.3) is 0 Å². The van der Waals surface area contributed by atoms with E-state index in [1.165, 1.54) is 86.2 Å². The highest BCUT2D eigenvalue weighted by Crippen LogP contribution is 2.86. The van der Waals surface area contributed by atoms with E-state index >= 15 is 0 Å². The lowest BCUT2D eigenvalue weighted by Gasteiger charge is -2.61. The second kappa shape index (κ2) is 12.3. The number of fused-ring (bicyclic) bond motifs is 7. The van der Waals surface area contributed by atoms with Gasteiger partial charge in [-0.15, -0.1) is 0 Å². The summed E-state index contributed by atoms with van der Waals surface area (Å²) in [6.45, 7) is 4.82. The fourth-order valence-electron chi connectivity index (χ4n) is 11.1. The summed E-state index contributed by atoms with van der Waals surface area (Å²) in [5, 5.41) is 0. The molecular weight excluding hydrogens is 701 g/mol. The number of anilines is 4. The molecule has 3 heterocycles. The Morgan fingerprint density at radius 3 is 2.09 bits per heavy atom. The minimum absolute atomic E-state index is 0.0922. The molecule has 0 unspecified atom stereocenters. The molecule has 0 amide bonds. The number of ether oxygens (including phenoxy) is 1. The van der Waals surface area contributed by atoms with Crippen LogP contribution in [-0.2, 0) is 5.41 Å². The van der Waals surface area contributed by atoms with Gasteiger partial charge in [0.1, 0.15) is 5.76 Å². The average molecular weight is 751 g/mol. The molecule has 1 spiro atoms. The Kier molecular flexibility index (Phi) is 7.42. The minimum atomic E-state index is -2.23. The number of hydrogen-bond acceptors (Lipinski definition) is 3. The van der Waals surface area contributed by atoms with Gasteiger partial charge in [0, 0.05) is 33.0 Å². The van der Waals surface area contributed by atoms with Crippen molar-refractivity contribution >= 4 is 49.6 Å². The highest BCUT2D eigenvalue weighted by Gasteiger charge is 2.49. The molecule has 6 aliphatic rings. The van der Waals surface area contributed by atoms with E-state index in [2.05, 4.69) is 176 Å². The molecule has 0 aromatic heterocycles. The molecule has 3 nitrogen and oxygen atoms in total. The summed E-state index contributed by atoms with van der Waals surface area (Å²) in [6, 6.07) is 43.4. The standard InChI is InChI=1S/C52H50N2OS/c1-52(2)42-34-37(26-30-40(42)41-31-29-39(35-43(41)52)54-44-14-4-8-18-48(44)55-49-19-9-5-15-45(49)54)23-22-36-24-27-38(28-25-36)53-46-16-6-10-20-50(46)56(3,32-12-13-33-56)51-21-11-7-17-47(51)53/h4-8,10-11,14-18,20-28,30,34-35,56H,9,12-13,19,29,31-33H2,1-3H3/b23-22+. The van der Waals surface area contributed by atoms with Crippen LogP contribution >= 0.6 is 9.16 Å². The maximum Gasteiger partial charge on any atom is 0.151 e. The molecule has 5 aromatic carbocycles. The number of benzene rings is 5.